The van der Waals surface area contributed by atoms with Crippen molar-refractivity contribution in [3.63, 3.8) is 0 Å². The van der Waals surface area contributed by atoms with Crippen LogP contribution in [0.2, 0.25) is 5.02 Å². The van der Waals surface area contributed by atoms with Crippen molar-refractivity contribution in [2.75, 3.05) is 6.54 Å². The van der Waals surface area contributed by atoms with Gasteiger partial charge in [0.15, 0.2) is 11.6 Å². The van der Waals surface area contributed by atoms with Crippen molar-refractivity contribution in [3.05, 3.63) is 29.0 Å². The van der Waals surface area contributed by atoms with E-state index in [1.165, 1.54) is 6.07 Å². The lowest BCUT2D eigenvalue weighted by Gasteiger charge is -2.36. The van der Waals surface area contributed by atoms with Crippen molar-refractivity contribution in [1.82, 2.24) is 5.32 Å². The number of benzene rings is 1. The van der Waals surface area contributed by atoms with Crippen LogP contribution in [-0.4, -0.2) is 18.7 Å². The highest BCUT2D eigenvalue weighted by atomic mass is 35.5. The van der Waals surface area contributed by atoms with Gasteiger partial charge in [0.1, 0.15) is 6.10 Å². The summed E-state index contributed by atoms with van der Waals surface area (Å²) in [5.41, 5.74) is 0. The molecule has 0 amide bonds. The summed E-state index contributed by atoms with van der Waals surface area (Å²) in [7, 11) is 0. The summed E-state index contributed by atoms with van der Waals surface area (Å²) in [6, 6.07) is 5.36. The van der Waals surface area contributed by atoms with E-state index >= 15 is 0 Å². The highest BCUT2D eigenvalue weighted by molar-refractivity contribution is 6.30. The predicted octanol–water partition coefficient (Wildman–Crippen LogP) is 3.39. The van der Waals surface area contributed by atoms with Gasteiger partial charge >= 0.3 is 0 Å². The Hall–Kier alpha value is -0.800. The molecule has 0 atom stereocenters. The summed E-state index contributed by atoms with van der Waals surface area (Å²) >= 11 is 5.69. The average molecular weight is 258 g/mol. The van der Waals surface area contributed by atoms with Gasteiger partial charge in [-0.2, -0.15) is 0 Å². The molecule has 1 aliphatic carbocycles. The molecule has 2 rings (SSSR count). The molecule has 2 nitrogen and oxygen atoms in total. The summed E-state index contributed by atoms with van der Waals surface area (Å²) < 4.78 is 19.1. The molecular formula is C13H17ClFNO. The third kappa shape index (κ3) is 3.11. The maximum Gasteiger partial charge on any atom is 0.183 e. The fourth-order valence-electron chi connectivity index (χ4n) is 1.93. The zero-order chi connectivity index (χ0) is 12.3. The van der Waals surface area contributed by atoms with Crippen LogP contribution < -0.4 is 10.1 Å². The van der Waals surface area contributed by atoms with Crippen molar-refractivity contribution in [2.24, 2.45) is 0 Å². The molecule has 0 radical (unpaired) electrons. The molecule has 0 spiro atoms. The number of rotatable bonds is 5. The molecule has 1 N–H and O–H groups in total. The zero-order valence-corrected chi connectivity index (χ0v) is 10.6. The largest absolute Gasteiger partial charge is 0.487 e. The van der Waals surface area contributed by atoms with E-state index in [1.54, 1.807) is 12.1 Å². The minimum atomic E-state index is -0.459. The van der Waals surface area contributed by atoms with Gasteiger partial charge in [-0.15, -0.1) is 0 Å². The highest BCUT2D eigenvalue weighted by Gasteiger charge is 2.30. The van der Waals surface area contributed by atoms with Crippen LogP contribution in [-0.2, 0) is 0 Å². The van der Waals surface area contributed by atoms with Crippen molar-refractivity contribution in [2.45, 2.75) is 38.3 Å². The SMILES string of the molecule is CCCNC1CC(Oc2cccc(Cl)c2F)C1. The maximum absolute atomic E-state index is 13.5. The Morgan fingerprint density at radius 1 is 1.47 bits per heavy atom. The van der Waals surface area contributed by atoms with E-state index in [4.69, 9.17) is 16.3 Å². The third-order valence-electron chi connectivity index (χ3n) is 2.99. The van der Waals surface area contributed by atoms with Gasteiger partial charge in [-0.1, -0.05) is 24.6 Å². The molecule has 4 heteroatoms. The van der Waals surface area contributed by atoms with Gasteiger partial charge in [0, 0.05) is 6.04 Å². The quantitative estimate of drug-likeness (QED) is 0.873. The Morgan fingerprint density at radius 3 is 2.94 bits per heavy atom. The second-order valence-electron chi connectivity index (χ2n) is 4.41. The lowest BCUT2D eigenvalue weighted by Crippen LogP contribution is -2.47. The highest BCUT2D eigenvalue weighted by Crippen LogP contribution is 2.30. The van der Waals surface area contributed by atoms with Gasteiger partial charge in [0.2, 0.25) is 0 Å². The fourth-order valence-corrected chi connectivity index (χ4v) is 2.10. The molecule has 0 aliphatic heterocycles. The second kappa shape index (κ2) is 5.69. The van der Waals surface area contributed by atoms with E-state index in [0.29, 0.717) is 6.04 Å². The standard InChI is InChI=1S/C13H17ClFNO/c1-2-6-16-9-7-10(8-9)17-12-5-3-4-11(14)13(12)15/h3-5,9-10,16H,2,6-8H2,1H3. The molecule has 0 aromatic heterocycles. The van der Waals surface area contributed by atoms with E-state index in [1.807, 2.05) is 0 Å². The van der Waals surface area contributed by atoms with Crippen molar-refractivity contribution < 1.29 is 9.13 Å². The molecule has 0 saturated heterocycles. The first-order chi connectivity index (χ1) is 8.20. The van der Waals surface area contributed by atoms with Crippen LogP contribution in [0, 0.1) is 5.82 Å². The molecule has 0 heterocycles. The zero-order valence-electron chi connectivity index (χ0n) is 9.88. The summed E-state index contributed by atoms with van der Waals surface area (Å²) in [6.45, 7) is 3.17. The second-order valence-corrected chi connectivity index (χ2v) is 4.82. The Morgan fingerprint density at radius 2 is 2.24 bits per heavy atom. The van der Waals surface area contributed by atoms with E-state index in [-0.39, 0.29) is 16.9 Å². The topological polar surface area (TPSA) is 21.3 Å². The van der Waals surface area contributed by atoms with Gasteiger partial charge in [-0.25, -0.2) is 4.39 Å². The van der Waals surface area contributed by atoms with Crippen LogP contribution in [0.3, 0.4) is 0 Å². The van der Waals surface area contributed by atoms with Gasteiger partial charge in [-0.05, 0) is 37.9 Å². The summed E-state index contributed by atoms with van der Waals surface area (Å²) in [4.78, 5) is 0. The average Bonchev–Trinajstić information content (AvgIpc) is 2.27. The van der Waals surface area contributed by atoms with Gasteiger partial charge in [0.05, 0.1) is 5.02 Å². The van der Waals surface area contributed by atoms with E-state index in [2.05, 4.69) is 12.2 Å². The first-order valence-corrected chi connectivity index (χ1v) is 6.42. The molecular weight excluding hydrogens is 241 g/mol. The molecule has 1 aromatic carbocycles. The van der Waals surface area contributed by atoms with Crippen LogP contribution in [0.25, 0.3) is 0 Å². The van der Waals surface area contributed by atoms with E-state index < -0.39 is 5.82 Å². The monoisotopic (exact) mass is 257 g/mol. The van der Waals surface area contributed by atoms with Crippen LogP contribution in [0.4, 0.5) is 4.39 Å². The van der Waals surface area contributed by atoms with Crippen LogP contribution in [0.1, 0.15) is 26.2 Å². The molecule has 0 bridgehead atoms. The Bertz CT molecular complexity index is 380. The number of ether oxygens (including phenoxy) is 1. The van der Waals surface area contributed by atoms with Gasteiger partial charge < -0.3 is 10.1 Å². The third-order valence-corrected chi connectivity index (χ3v) is 3.28. The fraction of sp³-hybridized carbons (Fsp3) is 0.538. The van der Waals surface area contributed by atoms with Crippen LogP contribution in [0.15, 0.2) is 18.2 Å². The lowest BCUT2D eigenvalue weighted by atomic mass is 9.89. The number of nitrogens with one attached hydrogen (secondary N) is 1. The van der Waals surface area contributed by atoms with E-state index in [0.717, 1.165) is 25.8 Å². The first-order valence-electron chi connectivity index (χ1n) is 6.04. The number of hydrogen-bond acceptors (Lipinski definition) is 2. The number of hydrogen-bond donors (Lipinski definition) is 1. The van der Waals surface area contributed by atoms with Crippen molar-refractivity contribution >= 4 is 11.6 Å². The van der Waals surface area contributed by atoms with E-state index in [9.17, 15) is 4.39 Å². The molecule has 1 aromatic rings. The number of halogens is 2. The molecule has 94 valence electrons. The molecule has 1 fully saturated rings. The molecule has 17 heavy (non-hydrogen) atoms. The molecule has 1 saturated carbocycles. The van der Waals surface area contributed by atoms with Gasteiger partial charge in [-0.3, -0.25) is 0 Å². The van der Waals surface area contributed by atoms with Gasteiger partial charge in [0.25, 0.3) is 0 Å². The maximum atomic E-state index is 13.5. The molecule has 1 aliphatic rings. The Labute approximate surface area is 106 Å². The normalized spacial score (nSPS) is 23.2. The minimum absolute atomic E-state index is 0.109. The summed E-state index contributed by atoms with van der Waals surface area (Å²) in [5.74, 6) is -0.199. The van der Waals surface area contributed by atoms with Crippen LogP contribution >= 0.6 is 11.6 Å². The lowest BCUT2D eigenvalue weighted by molar-refractivity contribution is 0.0812. The Kier molecular flexibility index (Phi) is 4.24. The smallest absolute Gasteiger partial charge is 0.183 e. The molecule has 0 unspecified atom stereocenters. The van der Waals surface area contributed by atoms with Crippen LogP contribution in [0.5, 0.6) is 5.75 Å². The van der Waals surface area contributed by atoms with Crippen molar-refractivity contribution in [3.8, 4) is 5.75 Å². The minimum Gasteiger partial charge on any atom is -0.487 e. The predicted molar refractivity (Wildman–Crippen MR) is 67.1 cm³/mol. The van der Waals surface area contributed by atoms with Crippen molar-refractivity contribution in [1.29, 1.82) is 0 Å². The summed E-state index contributed by atoms with van der Waals surface area (Å²) in [6.07, 6.45) is 3.11. The Balaban J connectivity index is 1.82. The first kappa shape index (κ1) is 12.7. The summed E-state index contributed by atoms with van der Waals surface area (Å²) in [5, 5.41) is 3.52.